The Balaban J connectivity index is 1.81. The van der Waals surface area contributed by atoms with Crippen LogP contribution in [0.1, 0.15) is 24.9 Å². The molecule has 0 saturated carbocycles. The van der Waals surface area contributed by atoms with Crippen LogP contribution in [0.5, 0.6) is 5.75 Å². The van der Waals surface area contributed by atoms with Gasteiger partial charge in [0.15, 0.2) is 0 Å². The zero-order valence-electron chi connectivity index (χ0n) is 13.2. The monoisotopic (exact) mass is 333 g/mol. The molecule has 0 bridgehead atoms. The van der Waals surface area contributed by atoms with Gasteiger partial charge < -0.3 is 10.1 Å². The Kier molecular flexibility index (Phi) is 6.47. The van der Waals surface area contributed by atoms with Gasteiger partial charge in [0.25, 0.3) is 0 Å². The SMILES string of the molecule is COc1ccccc1[C@@H](C)NC(=O)CCSc1ccc(F)cc1. The average molecular weight is 333 g/mol. The predicted octanol–water partition coefficient (Wildman–Crippen LogP) is 4.19. The Labute approximate surface area is 140 Å². The van der Waals surface area contributed by atoms with E-state index in [0.29, 0.717) is 12.2 Å². The molecule has 122 valence electrons. The number of para-hydroxylation sites is 1. The standard InChI is InChI=1S/C18H20FNO2S/c1-13(16-5-3-4-6-17(16)22-2)20-18(21)11-12-23-15-9-7-14(19)8-10-15/h3-10,13H,11-12H2,1-2H3,(H,20,21)/t13-/m1/s1. The predicted molar refractivity (Wildman–Crippen MR) is 91.3 cm³/mol. The molecule has 0 radical (unpaired) electrons. The summed E-state index contributed by atoms with van der Waals surface area (Å²) in [7, 11) is 1.62. The van der Waals surface area contributed by atoms with Crippen molar-refractivity contribution in [3.05, 3.63) is 59.9 Å². The number of carbonyl (C=O) groups excluding carboxylic acids is 1. The lowest BCUT2D eigenvalue weighted by molar-refractivity contribution is -0.121. The smallest absolute Gasteiger partial charge is 0.221 e. The quantitative estimate of drug-likeness (QED) is 0.772. The number of rotatable bonds is 7. The molecule has 0 fully saturated rings. The van der Waals surface area contributed by atoms with Gasteiger partial charge in [-0.1, -0.05) is 18.2 Å². The van der Waals surface area contributed by atoms with Crippen molar-refractivity contribution in [3.8, 4) is 5.75 Å². The number of ether oxygens (including phenoxy) is 1. The summed E-state index contributed by atoms with van der Waals surface area (Å²) in [6, 6.07) is 13.8. The number of amides is 1. The first kappa shape index (κ1) is 17.3. The molecule has 0 aliphatic heterocycles. The molecule has 0 aliphatic carbocycles. The molecule has 0 aliphatic rings. The number of halogens is 1. The van der Waals surface area contributed by atoms with Crippen molar-refractivity contribution in [3.63, 3.8) is 0 Å². The van der Waals surface area contributed by atoms with Crippen LogP contribution in [0, 0.1) is 5.82 Å². The molecule has 1 amide bonds. The Hall–Kier alpha value is -2.01. The van der Waals surface area contributed by atoms with Gasteiger partial charge in [0.05, 0.1) is 13.2 Å². The third-order valence-electron chi connectivity index (χ3n) is 3.39. The number of hydrogen-bond donors (Lipinski definition) is 1. The molecule has 0 unspecified atom stereocenters. The highest BCUT2D eigenvalue weighted by Crippen LogP contribution is 2.24. The fourth-order valence-electron chi connectivity index (χ4n) is 2.21. The molecule has 1 N–H and O–H groups in total. The van der Waals surface area contributed by atoms with E-state index in [-0.39, 0.29) is 17.8 Å². The minimum Gasteiger partial charge on any atom is -0.496 e. The highest BCUT2D eigenvalue weighted by molar-refractivity contribution is 7.99. The van der Waals surface area contributed by atoms with E-state index in [0.717, 1.165) is 16.2 Å². The van der Waals surface area contributed by atoms with E-state index in [4.69, 9.17) is 4.74 Å². The Bertz CT molecular complexity index is 646. The highest BCUT2D eigenvalue weighted by atomic mass is 32.2. The van der Waals surface area contributed by atoms with Crippen LogP contribution in [0.2, 0.25) is 0 Å². The van der Waals surface area contributed by atoms with E-state index >= 15 is 0 Å². The minimum atomic E-state index is -0.252. The number of methoxy groups -OCH3 is 1. The lowest BCUT2D eigenvalue weighted by Crippen LogP contribution is -2.27. The molecule has 2 rings (SSSR count). The molecule has 23 heavy (non-hydrogen) atoms. The van der Waals surface area contributed by atoms with Crippen LogP contribution in [-0.2, 0) is 4.79 Å². The van der Waals surface area contributed by atoms with Crippen molar-refractivity contribution in [2.24, 2.45) is 0 Å². The molecular weight excluding hydrogens is 313 g/mol. The molecule has 1 atom stereocenters. The lowest BCUT2D eigenvalue weighted by Gasteiger charge is -2.17. The number of carbonyl (C=O) groups is 1. The summed E-state index contributed by atoms with van der Waals surface area (Å²) in [5, 5.41) is 2.97. The molecule has 2 aromatic rings. The van der Waals surface area contributed by atoms with Gasteiger partial charge in [0, 0.05) is 22.6 Å². The molecule has 0 aromatic heterocycles. The summed E-state index contributed by atoms with van der Waals surface area (Å²) in [6.07, 6.45) is 0.404. The van der Waals surface area contributed by atoms with Crippen molar-refractivity contribution in [2.75, 3.05) is 12.9 Å². The van der Waals surface area contributed by atoms with Crippen LogP contribution < -0.4 is 10.1 Å². The lowest BCUT2D eigenvalue weighted by atomic mass is 10.1. The zero-order chi connectivity index (χ0) is 16.7. The molecule has 5 heteroatoms. The number of thioether (sulfide) groups is 1. The number of nitrogens with one attached hydrogen (secondary N) is 1. The van der Waals surface area contributed by atoms with E-state index in [2.05, 4.69) is 5.32 Å². The molecule has 0 saturated heterocycles. The summed E-state index contributed by atoms with van der Waals surface area (Å²) < 4.78 is 18.1. The van der Waals surface area contributed by atoms with Gasteiger partial charge in [-0.05, 0) is 37.3 Å². The Morgan fingerprint density at radius 2 is 1.91 bits per heavy atom. The maximum Gasteiger partial charge on any atom is 0.221 e. The van der Waals surface area contributed by atoms with Crippen LogP contribution in [0.4, 0.5) is 4.39 Å². The van der Waals surface area contributed by atoms with Crippen molar-refractivity contribution in [2.45, 2.75) is 24.3 Å². The van der Waals surface area contributed by atoms with Gasteiger partial charge in [-0.15, -0.1) is 11.8 Å². The summed E-state index contributed by atoms with van der Waals surface area (Å²) >= 11 is 1.54. The van der Waals surface area contributed by atoms with Gasteiger partial charge >= 0.3 is 0 Å². The first-order chi connectivity index (χ1) is 11.1. The molecule has 0 heterocycles. The van der Waals surface area contributed by atoms with Crippen LogP contribution >= 0.6 is 11.8 Å². The van der Waals surface area contributed by atoms with Gasteiger partial charge in [-0.3, -0.25) is 4.79 Å². The first-order valence-electron chi connectivity index (χ1n) is 7.41. The van der Waals surface area contributed by atoms with Crippen LogP contribution in [0.3, 0.4) is 0 Å². The van der Waals surface area contributed by atoms with Crippen LogP contribution in [-0.4, -0.2) is 18.8 Å². The van der Waals surface area contributed by atoms with Crippen LogP contribution in [0.25, 0.3) is 0 Å². The molecular formula is C18H20FNO2S. The van der Waals surface area contributed by atoms with E-state index in [1.165, 1.54) is 23.9 Å². The largest absolute Gasteiger partial charge is 0.496 e. The van der Waals surface area contributed by atoms with E-state index < -0.39 is 0 Å². The van der Waals surface area contributed by atoms with Crippen LogP contribution in [0.15, 0.2) is 53.4 Å². The topological polar surface area (TPSA) is 38.3 Å². The van der Waals surface area contributed by atoms with Crippen molar-refractivity contribution in [1.29, 1.82) is 0 Å². The van der Waals surface area contributed by atoms with Gasteiger partial charge in [-0.25, -0.2) is 4.39 Å². The third-order valence-corrected chi connectivity index (χ3v) is 4.41. The Morgan fingerprint density at radius 1 is 1.22 bits per heavy atom. The first-order valence-corrected chi connectivity index (χ1v) is 8.39. The highest BCUT2D eigenvalue weighted by Gasteiger charge is 2.13. The maximum atomic E-state index is 12.8. The van der Waals surface area contributed by atoms with Gasteiger partial charge in [0.1, 0.15) is 11.6 Å². The summed E-state index contributed by atoms with van der Waals surface area (Å²) in [4.78, 5) is 13.0. The number of benzene rings is 2. The Morgan fingerprint density at radius 3 is 2.61 bits per heavy atom. The zero-order valence-corrected chi connectivity index (χ0v) is 14.0. The molecule has 3 nitrogen and oxygen atoms in total. The number of hydrogen-bond acceptors (Lipinski definition) is 3. The normalized spacial score (nSPS) is 11.8. The summed E-state index contributed by atoms with van der Waals surface area (Å²) in [5.74, 6) is 1.15. The second-order valence-electron chi connectivity index (χ2n) is 5.08. The van der Waals surface area contributed by atoms with Crippen molar-refractivity contribution < 1.29 is 13.9 Å². The second kappa shape index (κ2) is 8.58. The minimum absolute atomic E-state index is 0.0157. The second-order valence-corrected chi connectivity index (χ2v) is 6.25. The molecule has 2 aromatic carbocycles. The fourth-order valence-corrected chi connectivity index (χ4v) is 3.06. The maximum absolute atomic E-state index is 12.8. The van der Waals surface area contributed by atoms with Crippen molar-refractivity contribution in [1.82, 2.24) is 5.32 Å². The van der Waals surface area contributed by atoms with Gasteiger partial charge in [-0.2, -0.15) is 0 Å². The summed E-state index contributed by atoms with van der Waals surface area (Å²) in [5.41, 5.74) is 0.953. The van der Waals surface area contributed by atoms with E-state index in [9.17, 15) is 9.18 Å². The van der Waals surface area contributed by atoms with E-state index in [1.54, 1.807) is 19.2 Å². The fraction of sp³-hybridized carbons (Fsp3) is 0.278. The molecule has 0 spiro atoms. The van der Waals surface area contributed by atoms with E-state index in [1.807, 2.05) is 31.2 Å². The average Bonchev–Trinajstić information content (AvgIpc) is 2.56. The summed E-state index contributed by atoms with van der Waals surface area (Å²) in [6.45, 7) is 1.93. The third kappa shape index (κ3) is 5.28. The van der Waals surface area contributed by atoms with Gasteiger partial charge in [0.2, 0.25) is 5.91 Å². The van der Waals surface area contributed by atoms with Crippen molar-refractivity contribution >= 4 is 17.7 Å².